The summed E-state index contributed by atoms with van der Waals surface area (Å²) in [6, 6.07) is 5.21. The average Bonchev–Trinajstić information content (AvgIpc) is 3.15. The third-order valence-electron chi connectivity index (χ3n) is 2.56. The van der Waals surface area contributed by atoms with Gasteiger partial charge in [0.25, 0.3) is 5.89 Å². The van der Waals surface area contributed by atoms with Gasteiger partial charge in [0.05, 0.1) is 12.7 Å². The molecule has 0 amide bonds. The Bertz CT molecular complexity index is 785. The molecule has 20 heavy (non-hydrogen) atoms. The van der Waals surface area contributed by atoms with Crippen molar-refractivity contribution in [3.8, 4) is 34.9 Å². The van der Waals surface area contributed by atoms with Crippen molar-refractivity contribution in [2.24, 2.45) is 0 Å². The van der Waals surface area contributed by atoms with E-state index in [-0.39, 0.29) is 0 Å². The van der Waals surface area contributed by atoms with Crippen molar-refractivity contribution in [1.29, 1.82) is 5.26 Å². The first kappa shape index (κ1) is 11.9. The number of H-pyrrole nitrogens is 1. The lowest BCUT2D eigenvalue weighted by atomic mass is 10.3. The van der Waals surface area contributed by atoms with Gasteiger partial charge < -0.3 is 14.2 Å². The Labute approximate surface area is 113 Å². The highest BCUT2D eigenvalue weighted by atomic mass is 16.5. The summed E-state index contributed by atoms with van der Waals surface area (Å²) < 4.78 is 10.2. The monoisotopic (exact) mass is 268 g/mol. The molecular formula is C12H8N6O2. The van der Waals surface area contributed by atoms with Crippen molar-refractivity contribution in [1.82, 2.24) is 25.1 Å². The fourth-order valence-electron chi connectivity index (χ4n) is 1.60. The van der Waals surface area contributed by atoms with Crippen molar-refractivity contribution in [2.75, 3.05) is 7.11 Å². The molecule has 0 atom stereocenters. The van der Waals surface area contributed by atoms with Gasteiger partial charge in [0, 0.05) is 12.3 Å². The Hall–Kier alpha value is -3.21. The first-order chi connectivity index (χ1) is 9.80. The molecule has 98 valence electrons. The van der Waals surface area contributed by atoms with E-state index in [0.29, 0.717) is 34.5 Å². The molecule has 0 saturated carbocycles. The smallest absolute Gasteiger partial charge is 0.259 e. The van der Waals surface area contributed by atoms with Crippen molar-refractivity contribution in [3.05, 3.63) is 30.4 Å². The molecule has 0 aliphatic heterocycles. The molecule has 0 spiro atoms. The van der Waals surface area contributed by atoms with Crippen LogP contribution < -0.4 is 4.74 Å². The molecule has 0 aliphatic carbocycles. The zero-order valence-electron chi connectivity index (χ0n) is 10.4. The summed E-state index contributed by atoms with van der Waals surface area (Å²) in [5, 5.41) is 12.6. The second kappa shape index (κ2) is 4.81. The number of nitriles is 1. The topological polar surface area (TPSA) is 114 Å². The normalized spacial score (nSPS) is 10.2. The van der Waals surface area contributed by atoms with Gasteiger partial charge in [-0.05, 0) is 6.07 Å². The number of ether oxygens (including phenoxy) is 1. The summed E-state index contributed by atoms with van der Waals surface area (Å²) in [6.45, 7) is 0. The maximum Gasteiger partial charge on any atom is 0.259 e. The van der Waals surface area contributed by atoms with E-state index in [1.54, 1.807) is 18.3 Å². The molecule has 0 aliphatic rings. The van der Waals surface area contributed by atoms with Crippen LogP contribution in [0.15, 0.2) is 29.2 Å². The van der Waals surface area contributed by atoms with E-state index in [1.807, 2.05) is 6.07 Å². The maximum atomic E-state index is 8.76. The second-order valence-electron chi connectivity index (χ2n) is 3.78. The second-order valence-corrected chi connectivity index (χ2v) is 3.78. The van der Waals surface area contributed by atoms with E-state index in [0.717, 1.165) is 0 Å². The van der Waals surface area contributed by atoms with Crippen molar-refractivity contribution in [3.63, 3.8) is 0 Å². The summed E-state index contributed by atoms with van der Waals surface area (Å²) in [4.78, 5) is 15.0. The molecule has 0 bridgehead atoms. The lowest BCUT2D eigenvalue weighted by molar-refractivity contribution is 0.397. The molecule has 0 unspecified atom stereocenters. The Balaban J connectivity index is 1.95. The first-order valence-electron chi connectivity index (χ1n) is 5.59. The highest BCUT2D eigenvalue weighted by Crippen LogP contribution is 2.22. The lowest BCUT2D eigenvalue weighted by Gasteiger charge is -1.97. The van der Waals surface area contributed by atoms with Crippen molar-refractivity contribution < 1.29 is 9.26 Å². The fourth-order valence-corrected chi connectivity index (χ4v) is 1.60. The summed E-state index contributed by atoms with van der Waals surface area (Å²) in [5.41, 5.74) is 1.55. The van der Waals surface area contributed by atoms with Crippen LogP contribution in [0, 0.1) is 11.3 Å². The largest absolute Gasteiger partial charge is 0.481 e. The van der Waals surface area contributed by atoms with E-state index < -0.39 is 0 Å². The number of nitrogens with one attached hydrogen (secondary N) is 1. The minimum Gasteiger partial charge on any atom is -0.481 e. The molecule has 0 saturated heterocycles. The Morgan fingerprint density at radius 2 is 2.25 bits per heavy atom. The molecule has 8 heteroatoms. The quantitative estimate of drug-likeness (QED) is 0.763. The van der Waals surface area contributed by atoms with Crippen LogP contribution in [0.4, 0.5) is 0 Å². The number of methoxy groups -OCH3 is 1. The molecule has 8 nitrogen and oxygen atoms in total. The van der Waals surface area contributed by atoms with Gasteiger partial charge in [-0.1, -0.05) is 5.16 Å². The van der Waals surface area contributed by atoms with E-state index in [1.165, 1.54) is 13.4 Å². The van der Waals surface area contributed by atoms with Crippen LogP contribution in [0.5, 0.6) is 5.88 Å². The van der Waals surface area contributed by atoms with Gasteiger partial charge in [0.2, 0.25) is 11.7 Å². The summed E-state index contributed by atoms with van der Waals surface area (Å²) >= 11 is 0. The van der Waals surface area contributed by atoms with Gasteiger partial charge in [-0.3, -0.25) is 0 Å². The highest BCUT2D eigenvalue weighted by molar-refractivity contribution is 5.58. The van der Waals surface area contributed by atoms with Gasteiger partial charge in [0.1, 0.15) is 23.8 Å². The highest BCUT2D eigenvalue weighted by Gasteiger charge is 2.13. The molecule has 0 fully saturated rings. The van der Waals surface area contributed by atoms with E-state index in [2.05, 4.69) is 25.1 Å². The Kier molecular flexibility index (Phi) is 2.85. The number of nitrogens with zero attached hydrogens (tertiary/aromatic N) is 5. The third kappa shape index (κ3) is 2.08. The fraction of sp³-hybridized carbons (Fsp3) is 0.0833. The molecule has 0 aromatic carbocycles. The van der Waals surface area contributed by atoms with Gasteiger partial charge >= 0.3 is 0 Å². The molecule has 0 radical (unpaired) electrons. The van der Waals surface area contributed by atoms with Crippen LogP contribution in [0.1, 0.15) is 5.69 Å². The van der Waals surface area contributed by atoms with Crippen LogP contribution in [-0.4, -0.2) is 32.2 Å². The molecule has 3 heterocycles. The van der Waals surface area contributed by atoms with Crippen LogP contribution in [0.3, 0.4) is 0 Å². The SMILES string of the molecule is COc1cc(-c2noc(-c3c[nH]c(C#N)c3)n2)ncn1. The molecular weight excluding hydrogens is 260 g/mol. The predicted molar refractivity (Wildman–Crippen MR) is 66.4 cm³/mol. The number of hydrogen-bond acceptors (Lipinski definition) is 7. The van der Waals surface area contributed by atoms with Gasteiger partial charge in [-0.25, -0.2) is 9.97 Å². The van der Waals surface area contributed by atoms with Crippen LogP contribution in [0.2, 0.25) is 0 Å². The van der Waals surface area contributed by atoms with Crippen molar-refractivity contribution in [2.45, 2.75) is 0 Å². The van der Waals surface area contributed by atoms with E-state index in [9.17, 15) is 0 Å². The maximum absolute atomic E-state index is 8.76. The first-order valence-corrected chi connectivity index (χ1v) is 5.59. The minimum absolute atomic E-state index is 0.301. The zero-order valence-corrected chi connectivity index (χ0v) is 10.4. The molecule has 3 aromatic rings. The molecule has 3 aromatic heterocycles. The predicted octanol–water partition coefficient (Wildman–Crippen LogP) is 1.40. The summed E-state index contributed by atoms with van der Waals surface area (Å²) in [7, 11) is 1.51. The molecule has 3 rings (SSSR count). The Morgan fingerprint density at radius 1 is 1.35 bits per heavy atom. The van der Waals surface area contributed by atoms with Gasteiger partial charge in [-0.2, -0.15) is 10.2 Å². The van der Waals surface area contributed by atoms with Crippen molar-refractivity contribution >= 4 is 0 Å². The van der Waals surface area contributed by atoms with Crippen LogP contribution >= 0.6 is 0 Å². The Morgan fingerprint density at radius 3 is 3.00 bits per heavy atom. The number of aromatic nitrogens is 5. The number of aromatic amines is 1. The molecule has 1 N–H and O–H groups in total. The number of hydrogen-bond donors (Lipinski definition) is 1. The van der Waals surface area contributed by atoms with Gasteiger partial charge in [-0.15, -0.1) is 0 Å². The van der Waals surface area contributed by atoms with Crippen LogP contribution in [-0.2, 0) is 0 Å². The number of rotatable bonds is 3. The summed E-state index contributed by atoms with van der Waals surface area (Å²) in [6.07, 6.45) is 2.98. The minimum atomic E-state index is 0.301. The summed E-state index contributed by atoms with van der Waals surface area (Å²) in [5.74, 6) is 1.03. The standard InChI is InChI=1S/C12H8N6O2/c1-19-10-3-9(15-6-16-10)11-17-12(20-18-11)7-2-8(4-13)14-5-7/h2-3,5-6,14H,1H3. The zero-order chi connectivity index (χ0) is 13.9. The van der Waals surface area contributed by atoms with E-state index in [4.69, 9.17) is 14.5 Å². The lowest BCUT2D eigenvalue weighted by Crippen LogP contribution is -1.91. The van der Waals surface area contributed by atoms with Gasteiger partial charge in [0.15, 0.2) is 0 Å². The average molecular weight is 268 g/mol. The van der Waals surface area contributed by atoms with E-state index >= 15 is 0 Å². The third-order valence-corrected chi connectivity index (χ3v) is 2.56. The van der Waals surface area contributed by atoms with Crippen LogP contribution in [0.25, 0.3) is 23.0 Å².